The van der Waals surface area contributed by atoms with Gasteiger partial charge in [0.15, 0.2) is 5.82 Å². The van der Waals surface area contributed by atoms with Crippen LogP contribution < -0.4 is 0 Å². The van der Waals surface area contributed by atoms with Crippen LogP contribution in [0.1, 0.15) is 17.5 Å². The molecule has 1 N–H and O–H groups in total. The minimum Gasteiger partial charge on any atom is -0.385 e. The fourth-order valence-corrected chi connectivity index (χ4v) is 1.91. The third-order valence-electron chi connectivity index (χ3n) is 2.33. The number of aromatic nitrogens is 2. The summed E-state index contributed by atoms with van der Waals surface area (Å²) >= 11 is 3.15. The predicted molar refractivity (Wildman–Crippen MR) is 64.8 cm³/mol. The van der Waals surface area contributed by atoms with Gasteiger partial charge >= 0.3 is 0 Å². The molecule has 0 aliphatic rings. The predicted octanol–water partition coefficient (Wildman–Crippen LogP) is 2.65. The number of hydrogen-bond donors (Lipinski definition) is 1. The molecule has 0 aliphatic heterocycles. The van der Waals surface area contributed by atoms with E-state index in [2.05, 4.69) is 25.9 Å². The fraction of sp³-hybridized carbons (Fsp3) is 0.167. The van der Waals surface area contributed by atoms with Gasteiger partial charge in [0.25, 0.3) is 0 Å². The number of aliphatic hydroxyl groups excluding tert-OH is 1. The minimum absolute atomic E-state index is 0.266. The van der Waals surface area contributed by atoms with Crippen molar-refractivity contribution in [2.75, 3.05) is 0 Å². The number of aliphatic hydroxyl groups is 1. The molecule has 0 saturated carbocycles. The van der Waals surface area contributed by atoms with Crippen LogP contribution in [0.4, 0.5) is 4.39 Å². The Morgan fingerprint density at radius 3 is 2.65 bits per heavy atom. The van der Waals surface area contributed by atoms with Crippen molar-refractivity contribution in [2.24, 2.45) is 0 Å². The molecule has 0 amide bonds. The molecular formula is C12H10BrFN2O. The van der Waals surface area contributed by atoms with Gasteiger partial charge in [-0.15, -0.1) is 0 Å². The molecule has 0 saturated heterocycles. The van der Waals surface area contributed by atoms with Crippen LogP contribution in [0.15, 0.2) is 41.1 Å². The molecule has 0 aliphatic carbocycles. The van der Waals surface area contributed by atoms with Crippen LogP contribution in [0.3, 0.4) is 0 Å². The summed E-state index contributed by atoms with van der Waals surface area (Å²) < 4.78 is 13.6. The lowest BCUT2D eigenvalue weighted by atomic mass is 10.1. The van der Waals surface area contributed by atoms with E-state index in [0.717, 1.165) is 0 Å². The first-order chi connectivity index (χ1) is 8.18. The van der Waals surface area contributed by atoms with Crippen molar-refractivity contribution in [3.05, 3.63) is 58.3 Å². The molecule has 1 atom stereocenters. The first-order valence-corrected chi connectivity index (χ1v) is 5.85. The Balaban J connectivity index is 2.19. The van der Waals surface area contributed by atoms with Gasteiger partial charge in [0.05, 0.1) is 4.47 Å². The van der Waals surface area contributed by atoms with Gasteiger partial charge in [0, 0.05) is 18.8 Å². The molecule has 5 heteroatoms. The van der Waals surface area contributed by atoms with E-state index >= 15 is 0 Å². The SMILES string of the molecule is OC(Cc1cccc(F)c1Br)c1ncccn1. The molecule has 2 rings (SSSR count). The highest BCUT2D eigenvalue weighted by molar-refractivity contribution is 9.10. The van der Waals surface area contributed by atoms with Crippen molar-refractivity contribution in [1.82, 2.24) is 9.97 Å². The van der Waals surface area contributed by atoms with Crippen LogP contribution in [-0.2, 0) is 6.42 Å². The van der Waals surface area contributed by atoms with Gasteiger partial charge < -0.3 is 5.11 Å². The van der Waals surface area contributed by atoms with E-state index < -0.39 is 6.10 Å². The Kier molecular flexibility index (Phi) is 3.81. The van der Waals surface area contributed by atoms with Gasteiger partial charge in [-0.1, -0.05) is 12.1 Å². The van der Waals surface area contributed by atoms with Gasteiger partial charge in [0.1, 0.15) is 11.9 Å². The Morgan fingerprint density at radius 1 is 1.24 bits per heavy atom. The summed E-state index contributed by atoms with van der Waals surface area (Å²) in [6, 6.07) is 6.39. The van der Waals surface area contributed by atoms with Crippen molar-refractivity contribution in [3.8, 4) is 0 Å². The van der Waals surface area contributed by atoms with Crippen LogP contribution in [0.5, 0.6) is 0 Å². The zero-order valence-electron chi connectivity index (χ0n) is 8.85. The molecule has 0 spiro atoms. The number of halogens is 2. The lowest BCUT2D eigenvalue weighted by Gasteiger charge is -2.10. The molecule has 0 fully saturated rings. The molecule has 3 nitrogen and oxygen atoms in total. The van der Waals surface area contributed by atoms with Crippen LogP contribution >= 0.6 is 15.9 Å². The molecule has 0 bridgehead atoms. The summed E-state index contributed by atoms with van der Waals surface area (Å²) in [5, 5.41) is 9.92. The van der Waals surface area contributed by atoms with Crippen molar-refractivity contribution < 1.29 is 9.50 Å². The highest BCUT2D eigenvalue weighted by atomic mass is 79.9. The fourth-order valence-electron chi connectivity index (χ4n) is 1.49. The molecular weight excluding hydrogens is 287 g/mol. The smallest absolute Gasteiger partial charge is 0.157 e. The summed E-state index contributed by atoms with van der Waals surface area (Å²) in [5.74, 6) is -0.00709. The van der Waals surface area contributed by atoms with Gasteiger partial charge in [-0.05, 0) is 33.6 Å². The summed E-state index contributed by atoms with van der Waals surface area (Å²) in [4.78, 5) is 7.91. The minimum atomic E-state index is -0.839. The lowest BCUT2D eigenvalue weighted by molar-refractivity contribution is 0.168. The normalized spacial score (nSPS) is 12.4. The van der Waals surface area contributed by atoms with Gasteiger partial charge in [-0.2, -0.15) is 0 Å². The second kappa shape index (κ2) is 5.33. The van der Waals surface area contributed by atoms with E-state index in [0.29, 0.717) is 15.9 Å². The Morgan fingerprint density at radius 2 is 1.94 bits per heavy atom. The van der Waals surface area contributed by atoms with E-state index in [1.54, 1.807) is 30.6 Å². The van der Waals surface area contributed by atoms with Crippen molar-refractivity contribution in [1.29, 1.82) is 0 Å². The number of benzene rings is 1. The molecule has 0 radical (unpaired) electrons. The maximum atomic E-state index is 13.3. The van der Waals surface area contributed by atoms with Crippen molar-refractivity contribution in [2.45, 2.75) is 12.5 Å². The summed E-state index contributed by atoms with van der Waals surface area (Å²) in [7, 11) is 0. The molecule has 88 valence electrons. The van der Waals surface area contributed by atoms with Crippen LogP contribution in [-0.4, -0.2) is 15.1 Å². The molecule has 17 heavy (non-hydrogen) atoms. The van der Waals surface area contributed by atoms with Gasteiger partial charge in [0.2, 0.25) is 0 Å². The molecule has 1 unspecified atom stereocenters. The zero-order valence-corrected chi connectivity index (χ0v) is 10.4. The molecule has 1 heterocycles. The Bertz CT molecular complexity index is 507. The average Bonchev–Trinajstić information content (AvgIpc) is 2.36. The third kappa shape index (κ3) is 2.87. The summed E-state index contributed by atoms with van der Waals surface area (Å²) in [6.07, 6.45) is 2.55. The third-order valence-corrected chi connectivity index (χ3v) is 3.22. The zero-order chi connectivity index (χ0) is 12.3. The molecule has 1 aromatic carbocycles. The first kappa shape index (κ1) is 12.1. The second-order valence-electron chi connectivity index (χ2n) is 3.54. The van der Waals surface area contributed by atoms with Crippen LogP contribution in [0.25, 0.3) is 0 Å². The van der Waals surface area contributed by atoms with E-state index in [-0.39, 0.29) is 12.2 Å². The quantitative estimate of drug-likeness (QED) is 0.947. The van der Waals surface area contributed by atoms with E-state index in [4.69, 9.17) is 0 Å². The Hall–Kier alpha value is -1.33. The number of nitrogens with zero attached hydrogens (tertiary/aromatic N) is 2. The second-order valence-corrected chi connectivity index (χ2v) is 4.33. The van der Waals surface area contributed by atoms with Crippen molar-refractivity contribution >= 4 is 15.9 Å². The summed E-state index contributed by atoms with van der Waals surface area (Å²) in [5.41, 5.74) is 0.685. The maximum Gasteiger partial charge on any atom is 0.157 e. The average molecular weight is 297 g/mol. The van der Waals surface area contributed by atoms with Gasteiger partial charge in [-0.3, -0.25) is 0 Å². The Labute approximate surface area is 106 Å². The highest BCUT2D eigenvalue weighted by Gasteiger charge is 2.14. The number of rotatable bonds is 3. The monoisotopic (exact) mass is 296 g/mol. The molecule has 1 aromatic heterocycles. The van der Waals surface area contributed by atoms with Crippen molar-refractivity contribution in [3.63, 3.8) is 0 Å². The van der Waals surface area contributed by atoms with E-state index in [1.807, 2.05) is 0 Å². The lowest BCUT2D eigenvalue weighted by Crippen LogP contribution is -2.07. The first-order valence-electron chi connectivity index (χ1n) is 5.06. The van der Waals surface area contributed by atoms with Crippen LogP contribution in [0, 0.1) is 5.82 Å². The van der Waals surface area contributed by atoms with Gasteiger partial charge in [-0.25, -0.2) is 14.4 Å². The molecule has 2 aromatic rings. The van der Waals surface area contributed by atoms with Crippen LogP contribution in [0.2, 0.25) is 0 Å². The largest absolute Gasteiger partial charge is 0.385 e. The summed E-state index contributed by atoms with van der Waals surface area (Å²) in [6.45, 7) is 0. The van der Waals surface area contributed by atoms with E-state index in [1.165, 1.54) is 6.07 Å². The standard InChI is InChI=1S/C12H10BrFN2O/c13-11-8(3-1-4-9(11)14)7-10(17)12-15-5-2-6-16-12/h1-6,10,17H,7H2. The number of hydrogen-bond acceptors (Lipinski definition) is 3. The van der Waals surface area contributed by atoms with E-state index in [9.17, 15) is 9.50 Å². The highest BCUT2D eigenvalue weighted by Crippen LogP contribution is 2.24. The topological polar surface area (TPSA) is 46.0 Å². The maximum absolute atomic E-state index is 13.3.